The lowest BCUT2D eigenvalue weighted by atomic mass is 9.98. The van der Waals surface area contributed by atoms with Crippen molar-refractivity contribution in [1.29, 1.82) is 0 Å². The Kier molecular flexibility index (Phi) is 6.99. The topological polar surface area (TPSA) is 127 Å². The normalized spacial score (nSPS) is 15.6. The SMILES string of the molecule is NCNC1CCN(S(=O)(=O)Cc2ccccc2-c2ccc(-c3cnc(N)cn3)c(F)c2)CC1. The van der Waals surface area contributed by atoms with Crippen LogP contribution < -0.4 is 16.8 Å². The number of nitrogens with one attached hydrogen (secondary N) is 1. The van der Waals surface area contributed by atoms with Crippen LogP contribution in [0.25, 0.3) is 22.4 Å². The summed E-state index contributed by atoms with van der Waals surface area (Å²) in [4.78, 5) is 8.08. The molecule has 4 rings (SSSR count). The number of sulfonamides is 1. The molecule has 10 heteroatoms. The molecule has 33 heavy (non-hydrogen) atoms. The number of nitrogens with zero attached hydrogens (tertiary/aromatic N) is 3. The van der Waals surface area contributed by atoms with Gasteiger partial charge in [0.05, 0.1) is 23.8 Å². The molecule has 0 saturated carbocycles. The van der Waals surface area contributed by atoms with Crippen LogP contribution in [0.5, 0.6) is 0 Å². The molecule has 0 aliphatic carbocycles. The predicted octanol–water partition coefficient (Wildman–Crippen LogP) is 2.33. The van der Waals surface area contributed by atoms with Gasteiger partial charge in [-0.05, 0) is 41.7 Å². The number of nitrogens with two attached hydrogens (primary N) is 2. The summed E-state index contributed by atoms with van der Waals surface area (Å²) >= 11 is 0. The van der Waals surface area contributed by atoms with Gasteiger partial charge in [-0.2, -0.15) is 0 Å². The lowest BCUT2D eigenvalue weighted by Crippen LogP contribution is -2.46. The van der Waals surface area contributed by atoms with Crippen molar-refractivity contribution in [1.82, 2.24) is 19.6 Å². The van der Waals surface area contributed by atoms with Crippen molar-refractivity contribution in [3.05, 3.63) is 66.2 Å². The Balaban J connectivity index is 1.56. The van der Waals surface area contributed by atoms with Gasteiger partial charge in [-0.25, -0.2) is 22.1 Å². The predicted molar refractivity (Wildman–Crippen MR) is 127 cm³/mol. The van der Waals surface area contributed by atoms with Crippen LogP contribution in [0.15, 0.2) is 54.9 Å². The zero-order valence-electron chi connectivity index (χ0n) is 18.1. The number of benzene rings is 2. The number of hydrogen-bond acceptors (Lipinski definition) is 7. The van der Waals surface area contributed by atoms with Gasteiger partial charge in [0, 0.05) is 31.4 Å². The second kappa shape index (κ2) is 9.92. The Morgan fingerprint density at radius 3 is 2.48 bits per heavy atom. The van der Waals surface area contributed by atoms with Gasteiger partial charge in [0.2, 0.25) is 10.0 Å². The minimum atomic E-state index is -3.52. The van der Waals surface area contributed by atoms with E-state index in [4.69, 9.17) is 11.5 Å². The van der Waals surface area contributed by atoms with Crippen LogP contribution in [-0.4, -0.2) is 48.5 Å². The molecule has 1 saturated heterocycles. The fourth-order valence-electron chi connectivity index (χ4n) is 4.09. The molecule has 2 heterocycles. The highest BCUT2D eigenvalue weighted by Crippen LogP contribution is 2.30. The second-order valence-corrected chi connectivity index (χ2v) is 9.98. The third-order valence-corrected chi connectivity index (χ3v) is 7.66. The Labute approximate surface area is 192 Å². The number of halogens is 1. The third kappa shape index (κ3) is 5.36. The summed E-state index contributed by atoms with van der Waals surface area (Å²) in [5, 5.41) is 3.17. The van der Waals surface area contributed by atoms with Crippen LogP contribution in [-0.2, 0) is 15.8 Å². The van der Waals surface area contributed by atoms with E-state index >= 15 is 0 Å². The van der Waals surface area contributed by atoms with Crippen molar-refractivity contribution in [2.75, 3.05) is 25.5 Å². The van der Waals surface area contributed by atoms with Gasteiger partial charge in [0.1, 0.15) is 11.6 Å². The van der Waals surface area contributed by atoms with Gasteiger partial charge in [-0.3, -0.25) is 4.98 Å². The first-order valence-corrected chi connectivity index (χ1v) is 12.4. The first-order chi connectivity index (χ1) is 15.9. The molecule has 8 nitrogen and oxygen atoms in total. The molecule has 5 N–H and O–H groups in total. The Hall–Kier alpha value is -2.92. The first kappa shape index (κ1) is 23.2. The fraction of sp³-hybridized carbons (Fsp3) is 0.304. The molecule has 0 radical (unpaired) electrons. The fourth-order valence-corrected chi connectivity index (χ4v) is 5.68. The highest BCUT2D eigenvalue weighted by molar-refractivity contribution is 7.88. The third-order valence-electron chi connectivity index (χ3n) is 5.84. The lowest BCUT2D eigenvalue weighted by Gasteiger charge is -2.31. The molecule has 0 atom stereocenters. The molecular formula is C23H27FN6O2S. The molecule has 1 aromatic heterocycles. The lowest BCUT2D eigenvalue weighted by molar-refractivity contribution is 0.291. The molecule has 0 bridgehead atoms. The molecule has 0 amide bonds. The van der Waals surface area contributed by atoms with Gasteiger partial charge in [0.15, 0.2) is 0 Å². The second-order valence-electron chi connectivity index (χ2n) is 8.02. The number of nitrogen functional groups attached to an aromatic ring is 1. The van der Waals surface area contributed by atoms with Gasteiger partial charge in [-0.1, -0.05) is 30.3 Å². The molecule has 174 valence electrons. The summed E-state index contributed by atoms with van der Waals surface area (Å²) in [6.07, 6.45) is 4.23. The Morgan fingerprint density at radius 2 is 1.82 bits per heavy atom. The number of aromatic nitrogens is 2. The smallest absolute Gasteiger partial charge is 0.218 e. The summed E-state index contributed by atoms with van der Waals surface area (Å²) in [6.45, 7) is 1.28. The molecular weight excluding hydrogens is 443 g/mol. The van der Waals surface area contributed by atoms with E-state index in [0.717, 1.165) is 12.8 Å². The quantitative estimate of drug-likeness (QED) is 0.452. The Morgan fingerprint density at radius 1 is 1.06 bits per heavy atom. The van der Waals surface area contributed by atoms with Crippen molar-refractivity contribution in [2.24, 2.45) is 5.73 Å². The van der Waals surface area contributed by atoms with Gasteiger partial charge < -0.3 is 16.8 Å². The molecule has 0 unspecified atom stereocenters. The largest absolute Gasteiger partial charge is 0.382 e. The molecule has 3 aromatic rings. The minimum Gasteiger partial charge on any atom is -0.382 e. The van der Waals surface area contributed by atoms with Crippen LogP contribution in [0.4, 0.5) is 10.2 Å². The van der Waals surface area contributed by atoms with Crippen LogP contribution in [0.1, 0.15) is 18.4 Å². The number of hydrogen-bond donors (Lipinski definition) is 3. The number of anilines is 1. The zero-order valence-corrected chi connectivity index (χ0v) is 18.9. The number of piperidine rings is 1. The standard InChI is InChI=1S/C23H27FN6O2S/c24-21-11-16(5-6-20(21)22-12-28-23(26)13-27-22)19-4-2-1-3-17(19)14-33(31,32)30-9-7-18(8-10-30)29-15-25/h1-6,11-13,18,29H,7-10,14-15,25H2,(H2,26,28). The van der Waals surface area contributed by atoms with Crippen molar-refractivity contribution >= 4 is 15.8 Å². The molecule has 1 aliphatic heterocycles. The monoisotopic (exact) mass is 470 g/mol. The van der Waals surface area contributed by atoms with Crippen LogP contribution in [0.3, 0.4) is 0 Å². The van der Waals surface area contributed by atoms with E-state index < -0.39 is 15.8 Å². The average molecular weight is 471 g/mol. The Bertz CT molecular complexity index is 1210. The van der Waals surface area contributed by atoms with E-state index in [0.29, 0.717) is 47.7 Å². The van der Waals surface area contributed by atoms with Crippen molar-refractivity contribution in [3.8, 4) is 22.4 Å². The van der Waals surface area contributed by atoms with E-state index in [1.165, 1.54) is 22.8 Å². The molecule has 2 aromatic carbocycles. The van der Waals surface area contributed by atoms with Crippen LogP contribution in [0.2, 0.25) is 0 Å². The van der Waals surface area contributed by atoms with E-state index in [1.807, 2.05) is 6.07 Å². The highest BCUT2D eigenvalue weighted by Gasteiger charge is 2.28. The summed E-state index contributed by atoms with van der Waals surface area (Å²) in [7, 11) is -3.52. The van der Waals surface area contributed by atoms with E-state index in [-0.39, 0.29) is 17.6 Å². The summed E-state index contributed by atoms with van der Waals surface area (Å²) in [6, 6.07) is 12.2. The van der Waals surface area contributed by atoms with E-state index in [2.05, 4.69) is 15.3 Å². The first-order valence-electron chi connectivity index (χ1n) is 10.7. The zero-order chi connectivity index (χ0) is 23.4. The van der Waals surface area contributed by atoms with E-state index in [1.54, 1.807) is 30.3 Å². The maximum absolute atomic E-state index is 14.9. The van der Waals surface area contributed by atoms with Crippen LogP contribution >= 0.6 is 0 Å². The average Bonchev–Trinajstić information content (AvgIpc) is 2.80. The number of rotatable bonds is 7. The summed E-state index contributed by atoms with van der Waals surface area (Å²) < 4.78 is 42.7. The summed E-state index contributed by atoms with van der Waals surface area (Å²) in [5.41, 5.74) is 13.6. The molecule has 1 aliphatic rings. The maximum atomic E-state index is 14.9. The van der Waals surface area contributed by atoms with Crippen molar-refractivity contribution in [2.45, 2.75) is 24.6 Å². The highest BCUT2D eigenvalue weighted by atomic mass is 32.2. The van der Waals surface area contributed by atoms with Gasteiger partial charge >= 0.3 is 0 Å². The van der Waals surface area contributed by atoms with Crippen molar-refractivity contribution in [3.63, 3.8) is 0 Å². The summed E-state index contributed by atoms with van der Waals surface area (Å²) in [5.74, 6) is -0.366. The van der Waals surface area contributed by atoms with Crippen molar-refractivity contribution < 1.29 is 12.8 Å². The molecule has 1 fully saturated rings. The maximum Gasteiger partial charge on any atom is 0.218 e. The van der Waals surface area contributed by atoms with Gasteiger partial charge in [0.25, 0.3) is 0 Å². The van der Waals surface area contributed by atoms with Crippen LogP contribution in [0, 0.1) is 5.82 Å². The minimum absolute atomic E-state index is 0.148. The molecule has 0 spiro atoms. The van der Waals surface area contributed by atoms with E-state index in [9.17, 15) is 12.8 Å². The van der Waals surface area contributed by atoms with Gasteiger partial charge in [-0.15, -0.1) is 0 Å².